The molecule has 0 radical (unpaired) electrons. The van der Waals surface area contributed by atoms with Gasteiger partial charge in [-0.25, -0.2) is 0 Å². The summed E-state index contributed by atoms with van der Waals surface area (Å²) in [6.07, 6.45) is 0.851. The summed E-state index contributed by atoms with van der Waals surface area (Å²) in [5, 5.41) is 3.00. The number of carbonyl (C=O) groups is 2. The van der Waals surface area contributed by atoms with Gasteiger partial charge in [0.2, 0.25) is 5.91 Å². The second-order valence-electron chi connectivity index (χ2n) is 5.74. The van der Waals surface area contributed by atoms with Gasteiger partial charge in [0.25, 0.3) is 0 Å². The van der Waals surface area contributed by atoms with E-state index >= 15 is 0 Å². The number of rotatable bonds is 7. The number of ether oxygens (including phenoxy) is 1. The van der Waals surface area contributed by atoms with E-state index < -0.39 is 0 Å². The van der Waals surface area contributed by atoms with Crippen molar-refractivity contribution >= 4 is 11.9 Å². The van der Waals surface area contributed by atoms with Crippen LogP contribution in [-0.4, -0.2) is 48.1 Å². The largest absolute Gasteiger partial charge is 0.468 e. The van der Waals surface area contributed by atoms with E-state index in [1.165, 1.54) is 7.11 Å². The Hall–Kier alpha value is -1.10. The van der Waals surface area contributed by atoms with Crippen molar-refractivity contribution in [3.05, 3.63) is 0 Å². The van der Waals surface area contributed by atoms with Crippen LogP contribution in [0.25, 0.3) is 0 Å². The van der Waals surface area contributed by atoms with Crippen LogP contribution in [0.1, 0.15) is 48.0 Å². The quantitative estimate of drug-likeness (QED) is 0.715. The number of nitrogens with one attached hydrogen (secondary N) is 1. The Morgan fingerprint density at radius 1 is 1.26 bits per heavy atom. The highest BCUT2D eigenvalue weighted by Gasteiger charge is 2.28. The lowest BCUT2D eigenvalue weighted by Gasteiger charge is -2.33. The highest BCUT2D eigenvalue weighted by atomic mass is 16.5. The molecule has 112 valence electrons. The number of esters is 1. The van der Waals surface area contributed by atoms with Crippen LogP contribution in [0.15, 0.2) is 0 Å². The lowest BCUT2D eigenvalue weighted by molar-refractivity contribution is -0.144. The third-order valence-electron chi connectivity index (χ3n) is 3.43. The molecular formula is C14H28N2O3. The molecule has 0 spiro atoms. The number of hydrogen-bond donors (Lipinski definition) is 1. The lowest BCUT2D eigenvalue weighted by atomic mass is 10.0. The average Bonchev–Trinajstić information content (AvgIpc) is 2.33. The Balaban J connectivity index is 4.76. The van der Waals surface area contributed by atoms with Gasteiger partial charge in [-0.1, -0.05) is 6.92 Å². The normalized spacial score (nSPS) is 13.5. The predicted molar refractivity (Wildman–Crippen MR) is 75.8 cm³/mol. The van der Waals surface area contributed by atoms with Crippen LogP contribution in [0.3, 0.4) is 0 Å². The molecule has 0 saturated heterocycles. The fraction of sp³-hybridized carbons (Fsp3) is 0.857. The van der Waals surface area contributed by atoms with Crippen molar-refractivity contribution in [1.82, 2.24) is 10.2 Å². The molecule has 19 heavy (non-hydrogen) atoms. The smallest absolute Gasteiger partial charge is 0.319 e. The zero-order valence-electron chi connectivity index (χ0n) is 13.2. The van der Waals surface area contributed by atoms with Gasteiger partial charge in [0.15, 0.2) is 0 Å². The molecule has 0 fully saturated rings. The van der Waals surface area contributed by atoms with E-state index in [0.29, 0.717) is 0 Å². The third kappa shape index (κ3) is 6.05. The van der Waals surface area contributed by atoms with Crippen LogP contribution in [0, 0.1) is 0 Å². The molecule has 0 aromatic heterocycles. The average molecular weight is 272 g/mol. The van der Waals surface area contributed by atoms with E-state index in [0.717, 1.165) is 6.42 Å². The fourth-order valence-electron chi connectivity index (χ4n) is 1.66. The maximum absolute atomic E-state index is 12.2. The van der Waals surface area contributed by atoms with Crippen LogP contribution in [0.2, 0.25) is 0 Å². The van der Waals surface area contributed by atoms with Crippen molar-refractivity contribution in [2.75, 3.05) is 13.7 Å². The Morgan fingerprint density at radius 3 is 2.16 bits per heavy atom. The minimum absolute atomic E-state index is 0.0653. The molecule has 0 aliphatic rings. The standard InChI is InChI=1S/C14H28N2O3/c1-8-14(5,6)15-13(18)11(4)16(10(2)3)9-12(17)19-7/h10-11H,8-9H2,1-7H3,(H,15,18). The highest BCUT2D eigenvalue weighted by molar-refractivity contribution is 5.83. The van der Waals surface area contributed by atoms with Crippen LogP contribution >= 0.6 is 0 Å². The minimum Gasteiger partial charge on any atom is -0.468 e. The van der Waals surface area contributed by atoms with Crippen molar-refractivity contribution in [2.24, 2.45) is 0 Å². The number of amides is 1. The van der Waals surface area contributed by atoms with Gasteiger partial charge in [-0.15, -0.1) is 0 Å². The van der Waals surface area contributed by atoms with Gasteiger partial charge >= 0.3 is 5.97 Å². The number of hydrogen-bond acceptors (Lipinski definition) is 4. The van der Waals surface area contributed by atoms with Gasteiger partial charge in [0.05, 0.1) is 19.7 Å². The van der Waals surface area contributed by atoms with E-state index in [-0.39, 0.29) is 36.0 Å². The first kappa shape index (κ1) is 17.9. The Morgan fingerprint density at radius 2 is 1.79 bits per heavy atom. The first-order valence-electron chi connectivity index (χ1n) is 6.79. The van der Waals surface area contributed by atoms with Crippen molar-refractivity contribution in [3.63, 3.8) is 0 Å². The fourth-order valence-corrected chi connectivity index (χ4v) is 1.66. The molecular weight excluding hydrogens is 244 g/mol. The molecule has 5 nitrogen and oxygen atoms in total. The topological polar surface area (TPSA) is 58.6 Å². The Bertz CT molecular complexity index is 314. The van der Waals surface area contributed by atoms with Crippen molar-refractivity contribution in [1.29, 1.82) is 0 Å². The van der Waals surface area contributed by atoms with Crippen LogP contribution in [-0.2, 0) is 14.3 Å². The molecule has 1 N–H and O–H groups in total. The molecule has 5 heteroatoms. The maximum atomic E-state index is 12.2. The molecule has 1 atom stereocenters. The minimum atomic E-state index is -0.370. The molecule has 0 bridgehead atoms. The second-order valence-corrected chi connectivity index (χ2v) is 5.74. The highest BCUT2D eigenvalue weighted by Crippen LogP contribution is 2.11. The van der Waals surface area contributed by atoms with Gasteiger partial charge in [-0.3, -0.25) is 14.5 Å². The van der Waals surface area contributed by atoms with Gasteiger partial charge in [0, 0.05) is 11.6 Å². The van der Waals surface area contributed by atoms with E-state index in [1.807, 2.05) is 46.4 Å². The van der Waals surface area contributed by atoms with E-state index in [4.69, 9.17) is 0 Å². The number of nitrogens with zero attached hydrogens (tertiary/aromatic N) is 1. The van der Waals surface area contributed by atoms with Crippen molar-refractivity contribution in [2.45, 2.75) is 65.6 Å². The summed E-state index contributed by atoms with van der Waals surface area (Å²) >= 11 is 0. The van der Waals surface area contributed by atoms with Crippen molar-refractivity contribution in [3.8, 4) is 0 Å². The summed E-state index contributed by atoms with van der Waals surface area (Å²) in [7, 11) is 1.35. The van der Waals surface area contributed by atoms with Gasteiger partial charge in [0.1, 0.15) is 0 Å². The molecule has 0 aliphatic heterocycles. The Kier molecular flexibility index (Phi) is 7.05. The van der Waals surface area contributed by atoms with Gasteiger partial charge < -0.3 is 10.1 Å². The molecule has 0 aromatic rings. The summed E-state index contributed by atoms with van der Waals surface area (Å²) in [5.74, 6) is -0.396. The van der Waals surface area contributed by atoms with E-state index in [9.17, 15) is 9.59 Å². The number of carbonyl (C=O) groups excluding carboxylic acids is 2. The lowest BCUT2D eigenvalue weighted by Crippen LogP contribution is -2.54. The zero-order chi connectivity index (χ0) is 15.2. The summed E-state index contributed by atoms with van der Waals surface area (Å²) in [6.45, 7) is 11.8. The SMILES string of the molecule is CCC(C)(C)NC(=O)C(C)N(CC(=O)OC)C(C)C. The zero-order valence-corrected chi connectivity index (χ0v) is 13.2. The molecule has 0 aromatic carbocycles. The first-order valence-corrected chi connectivity index (χ1v) is 6.79. The third-order valence-corrected chi connectivity index (χ3v) is 3.43. The van der Waals surface area contributed by atoms with E-state index in [2.05, 4.69) is 10.1 Å². The molecule has 0 saturated carbocycles. The van der Waals surface area contributed by atoms with Gasteiger partial charge in [-0.05, 0) is 41.0 Å². The summed E-state index contributed by atoms with van der Waals surface area (Å²) in [6, 6.07) is -0.283. The summed E-state index contributed by atoms with van der Waals surface area (Å²) in [5.41, 5.74) is -0.237. The predicted octanol–water partition coefficient (Wildman–Crippen LogP) is 1.56. The molecule has 0 aliphatic carbocycles. The molecule has 1 amide bonds. The molecule has 0 heterocycles. The molecule has 1 unspecified atom stereocenters. The monoisotopic (exact) mass is 272 g/mol. The van der Waals surface area contributed by atoms with E-state index in [1.54, 1.807) is 0 Å². The second kappa shape index (κ2) is 7.48. The summed E-state index contributed by atoms with van der Waals surface area (Å²) < 4.78 is 4.67. The first-order chi connectivity index (χ1) is 8.64. The van der Waals surface area contributed by atoms with Crippen molar-refractivity contribution < 1.29 is 14.3 Å². The number of methoxy groups -OCH3 is 1. The van der Waals surface area contributed by atoms with Gasteiger partial charge in [-0.2, -0.15) is 0 Å². The molecule has 0 rings (SSSR count). The maximum Gasteiger partial charge on any atom is 0.319 e. The Labute approximate surface area is 116 Å². The summed E-state index contributed by atoms with van der Waals surface area (Å²) in [4.78, 5) is 25.5. The van der Waals surface area contributed by atoms with Crippen LogP contribution in [0.4, 0.5) is 0 Å². The van der Waals surface area contributed by atoms with Crippen LogP contribution < -0.4 is 5.32 Å². The van der Waals surface area contributed by atoms with Crippen LogP contribution in [0.5, 0.6) is 0 Å².